The number of Topliss-reactive ketones (excluding diaryl/α,β-unsaturated/α-hetero) is 1. The summed E-state index contributed by atoms with van der Waals surface area (Å²) in [6.45, 7) is 5.58. The van der Waals surface area contributed by atoms with E-state index in [-0.39, 0.29) is 22.6 Å². The first-order valence-electron chi connectivity index (χ1n) is 6.79. The lowest BCUT2D eigenvalue weighted by molar-refractivity contribution is -0.142. The molecular formula is C14H16F3N3O. The van der Waals surface area contributed by atoms with Crippen LogP contribution in [0.5, 0.6) is 0 Å². The van der Waals surface area contributed by atoms with Gasteiger partial charge in [0, 0.05) is 29.2 Å². The molecule has 0 amide bonds. The van der Waals surface area contributed by atoms with Crippen molar-refractivity contribution >= 4 is 11.6 Å². The Morgan fingerprint density at radius 1 is 1.29 bits per heavy atom. The van der Waals surface area contributed by atoms with E-state index in [0.29, 0.717) is 24.1 Å². The maximum absolute atomic E-state index is 13.0. The molecule has 0 saturated carbocycles. The van der Waals surface area contributed by atoms with Crippen LogP contribution in [0, 0.1) is 5.41 Å². The summed E-state index contributed by atoms with van der Waals surface area (Å²) in [4.78, 5) is 12.3. The molecule has 2 heterocycles. The Morgan fingerprint density at radius 2 is 1.95 bits per heavy atom. The lowest BCUT2D eigenvalue weighted by Crippen LogP contribution is -2.33. The Morgan fingerprint density at radius 3 is 2.57 bits per heavy atom. The van der Waals surface area contributed by atoms with Crippen LogP contribution in [-0.2, 0) is 11.0 Å². The van der Waals surface area contributed by atoms with Gasteiger partial charge >= 0.3 is 6.18 Å². The molecule has 0 aromatic carbocycles. The SMILES string of the molecule is CC1C2=C(CC(C)(C)CC2=O)Nc2n[nH]c(C(F)(F)F)c21. The Hall–Kier alpha value is -1.79. The molecule has 2 aliphatic rings. The molecule has 0 saturated heterocycles. The van der Waals surface area contributed by atoms with E-state index in [9.17, 15) is 18.0 Å². The summed E-state index contributed by atoms with van der Waals surface area (Å²) in [5, 5.41) is 8.72. The molecule has 1 atom stereocenters. The number of carbonyl (C=O) groups is 1. The van der Waals surface area contributed by atoms with Crippen molar-refractivity contribution in [3.8, 4) is 0 Å². The molecule has 1 aliphatic carbocycles. The number of anilines is 1. The fourth-order valence-corrected chi connectivity index (χ4v) is 3.32. The van der Waals surface area contributed by atoms with E-state index >= 15 is 0 Å². The van der Waals surface area contributed by atoms with Gasteiger partial charge in [-0.25, -0.2) is 0 Å². The quantitative estimate of drug-likeness (QED) is 0.769. The molecule has 21 heavy (non-hydrogen) atoms. The predicted octanol–water partition coefficient (Wildman–Crippen LogP) is 3.60. The molecule has 1 unspecified atom stereocenters. The molecule has 1 aliphatic heterocycles. The zero-order valence-corrected chi connectivity index (χ0v) is 12.0. The summed E-state index contributed by atoms with van der Waals surface area (Å²) >= 11 is 0. The number of hydrogen-bond acceptors (Lipinski definition) is 3. The molecule has 2 N–H and O–H groups in total. The van der Waals surface area contributed by atoms with Crippen molar-refractivity contribution in [3.05, 3.63) is 22.5 Å². The topological polar surface area (TPSA) is 57.8 Å². The molecule has 3 rings (SSSR count). The van der Waals surface area contributed by atoms with Crippen LogP contribution < -0.4 is 5.32 Å². The Bertz CT molecular complexity index is 655. The van der Waals surface area contributed by atoms with Crippen LogP contribution in [0.4, 0.5) is 19.0 Å². The number of H-pyrrole nitrogens is 1. The highest BCUT2D eigenvalue weighted by Crippen LogP contribution is 2.48. The summed E-state index contributed by atoms with van der Waals surface area (Å²) in [5.74, 6) is -0.504. The average Bonchev–Trinajstić information content (AvgIpc) is 2.69. The molecule has 1 aromatic rings. The van der Waals surface area contributed by atoms with E-state index in [0.717, 1.165) is 0 Å². The number of alkyl halides is 3. The van der Waals surface area contributed by atoms with Crippen molar-refractivity contribution in [2.45, 2.75) is 45.7 Å². The van der Waals surface area contributed by atoms with Crippen molar-refractivity contribution in [1.29, 1.82) is 0 Å². The van der Waals surface area contributed by atoms with Crippen molar-refractivity contribution in [2.75, 3.05) is 5.32 Å². The molecule has 0 fully saturated rings. The largest absolute Gasteiger partial charge is 0.433 e. The Balaban J connectivity index is 2.10. The van der Waals surface area contributed by atoms with Gasteiger partial charge < -0.3 is 5.32 Å². The monoisotopic (exact) mass is 299 g/mol. The predicted molar refractivity (Wildman–Crippen MR) is 70.7 cm³/mol. The molecule has 1 aromatic heterocycles. The summed E-state index contributed by atoms with van der Waals surface area (Å²) < 4.78 is 39.1. The fraction of sp³-hybridized carbons (Fsp3) is 0.571. The Kier molecular flexibility index (Phi) is 2.77. The molecular weight excluding hydrogens is 283 g/mol. The van der Waals surface area contributed by atoms with Gasteiger partial charge in [0.2, 0.25) is 0 Å². The maximum atomic E-state index is 13.0. The first-order chi connectivity index (χ1) is 9.60. The fourth-order valence-electron chi connectivity index (χ4n) is 3.32. The van der Waals surface area contributed by atoms with Crippen molar-refractivity contribution in [2.24, 2.45) is 5.41 Å². The zero-order chi connectivity index (χ0) is 15.6. The molecule has 0 bridgehead atoms. The van der Waals surface area contributed by atoms with Gasteiger partial charge in [-0.1, -0.05) is 20.8 Å². The number of allylic oxidation sites excluding steroid dienone is 2. The second-order valence-corrected chi connectivity index (χ2v) is 6.54. The number of nitrogens with zero attached hydrogens (tertiary/aromatic N) is 1. The number of aromatic nitrogens is 2. The van der Waals surface area contributed by atoms with E-state index < -0.39 is 17.8 Å². The third-order valence-corrected chi connectivity index (χ3v) is 4.14. The minimum Gasteiger partial charge on any atom is -0.342 e. The van der Waals surface area contributed by atoms with Crippen LogP contribution in [0.25, 0.3) is 0 Å². The highest BCUT2D eigenvalue weighted by molar-refractivity contribution is 6.00. The standard InChI is InChI=1S/C14H16F3N3O/c1-6-9-7(4-13(2,3)5-8(9)21)18-12-10(6)11(19-20-12)14(15,16)17/h6H,4-5H2,1-3H3,(H2,18,19,20). The van der Waals surface area contributed by atoms with Crippen LogP contribution in [-0.4, -0.2) is 16.0 Å². The van der Waals surface area contributed by atoms with Gasteiger partial charge in [-0.05, 0) is 11.8 Å². The van der Waals surface area contributed by atoms with Crippen molar-refractivity contribution in [1.82, 2.24) is 10.2 Å². The van der Waals surface area contributed by atoms with Gasteiger partial charge in [0.25, 0.3) is 0 Å². The van der Waals surface area contributed by atoms with E-state index in [1.54, 1.807) is 6.92 Å². The van der Waals surface area contributed by atoms with Crippen LogP contribution in [0.3, 0.4) is 0 Å². The number of aromatic amines is 1. The number of ketones is 1. The second kappa shape index (κ2) is 4.11. The number of hydrogen-bond donors (Lipinski definition) is 2. The van der Waals surface area contributed by atoms with E-state index in [1.165, 1.54) is 0 Å². The van der Waals surface area contributed by atoms with E-state index in [2.05, 4.69) is 15.5 Å². The maximum Gasteiger partial charge on any atom is 0.433 e. The minimum atomic E-state index is -4.51. The van der Waals surface area contributed by atoms with Gasteiger partial charge in [-0.2, -0.15) is 18.3 Å². The minimum absolute atomic E-state index is 0.0364. The van der Waals surface area contributed by atoms with Crippen molar-refractivity contribution in [3.63, 3.8) is 0 Å². The zero-order valence-electron chi connectivity index (χ0n) is 12.0. The normalized spacial score (nSPS) is 24.5. The van der Waals surface area contributed by atoms with Gasteiger partial charge in [0.05, 0.1) is 0 Å². The first-order valence-corrected chi connectivity index (χ1v) is 6.79. The Labute approximate surface area is 119 Å². The molecule has 114 valence electrons. The smallest absolute Gasteiger partial charge is 0.342 e. The lowest BCUT2D eigenvalue weighted by Gasteiger charge is -2.37. The third kappa shape index (κ3) is 2.15. The van der Waals surface area contributed by atoms with Crippen LogP contribution >= 0.6 is 0 Å². The summed E-state index contributed by atoms with van der Waals surface area (Å²) in [7, 11) is 0. The molecule has 4 nitrogen and oxygen atoms in total. The van der Waals surface area contributed by atoms with E-state index in [4.69, 9.17) is 0 Å². The summed E-state index contributed by atoms with van der Waals surface area (Å²) in [5.41, 5.74) is 0.143. The van der Waals surface area contributed by atoms with Crippen LogP contribution in [0.1, 0.15) is 50.8 Å². The summed E-state index contributed by atoms with van der Waals surface area (Å²) in [6.07, 6.45) is -3.52. The van der Waals surface area contributed by atoms with Gasteiger partial charge in [0.1, 0.15) is 5.69 Å². The number of halogens is 3. The van der Waals surface area contributed by atoms with Gasteiger partial charge in [-0.15, -0.1) is 0 Å². The number of rotatable bonds is 0. The van der Waals surface area contributed by atoms with E-state index in [1.807, 2.05) is 13.8 Å². The second-order valence-electron chi connectivity index (χ2n) is 6.54. The van der Waals surface area contributed by atoms with Gasteiger partial charge in [-0.3, -0.25) is 9.89 Å². The van der Waals surface area contributed by atoms with Crippen LogP contribution in [0.2, 0.25) is 0 Å². The lowest BCUT2D eigenvalue weighted by atomic mass is 9.71. The van der Waals surface area contributed by atoms with Crippen molar-refractivity contribution < 1.29 is 18.0 Å². The molecule has 7 heteroatoms. The number of fused-ring (bicyclic) bond motifs is 1. The molecule has 0 spiro atoms. The van der Waals surface area contributed by atoms with Gasteiger partial charge in [0.15, 0.2) is 11.6 Å². The van der Waals surface area contributed by atoms with Crippen LogP contribution in [0.15, 0.2) is 11.3 Å². The summed E-state index contributed by atoms with van der Waals surface area (Å²) in [6, 6.07) is 0. The third-order valence-electron chi connectivity index (χ3n) is 4.14. The highest BCUT2D eigenvalue weighted by Gasteiger charge is 2.45. The average molecular weight is 299 g/mol. The molecule has 0 radical (unpaired) electrons. The number of nitrogens with one attached hydrogen (secondary N) is 2. The first kappa shape index (κ1) is 14.2. The number of carbonyl (C=O) groups excluding carboxylic acids is 1. The highest BCUT2D eigenvalue weighted by atomic mass is 19.4.